The highest BCUT2D eigenvalue weighted by molar-refractivity contribution is 5.21. The van der Waals surface area contributed by atoms with Gasteiger partial charge < -0.3 is 9.47 Å². The zero-order valence-corrected chi connectivity index (χ0v) is 8.64. The summed E-state index contributed by atoms with van der Waals surface area (Å²) in [5.41, 5.74) is 0.423. The van der Waals surface area contributed by atoms with Gasteiger partial charge in [-0.1, -0.05) is 0 Å². The van der Waals surface area contributed by atoms with Crippen LogP contribution in [0.1, 0.15) is 25.7 Å². The number of hydrogen-bond acceptors (Lipinski definition) is 2. The molecule has 13 heavy (non-hydrogen) atoms. The summed E-state index contributed by atoms with van der Waals surface area (Å²) in [4.78, 5) is 0. The largest absolute Gasteiger partial charge is 0.384 e. The van der Waals surface area contributed by atoms with Gasteiger partial charge in [0.2, 0.25) is 0 Å². The van der Waals surface area contributed by atoms with Crippen molar-refractivity contribution in [3.8, 4) is 0 Å². The molecule has 0 aromatic carbocycles. The fourth-order valence-electron chi connectivity index (χ4n) is 2.28. The lowest BCUT2D eigenvalue weighted by Crippen LogP contribution is -2.24. The molecule has 0 unspecified atom stereocenters. The van der Waals surface area contributed by atoms with E-state index in [1.807, 2.05) is 0 Å². The first kappa shape index (κ1) is 9.47. The molecule has 0 aromatic rings. The summed E-state index contributed by atoms with van der Waals surface area (Å²) < 4.78 is 10.6. The molecule has 0 saturated heterocycles. The molecule has 0 aliphatic heterocycles. The van der Waals surface area contributed by atoms with Gasteiger partial charge in [-0.15, -0.1) is 0 Å². The lowest BCUT2D eigenvalue weighted by molar-refractivity contribution is 0.116. The fourth-order valence-corrected chi connectivity index (χ4v) is 2.28. The Hall–Kier alpha value is -0.0800. The molecule has 0 heterocycles. The first-order valence-electron chi connectivity index (χ1n) is 5.16. The average Bonchev–Trinajstić information content (AvgIpc) is 2.97. The lowest BCUT2D eigenvalue weighted by atomic mass is 9.86. The summed E-state index contributed by atoms with van der Waals surface area (Å²) in [6.07, 6.45) is 5.39. The number of ether oxygens (including phenoxy) is 2. The van der Waals surface area contributed by atoms with E-state index >= 15 is 0 Å². The molecule has 0 N–H and O–H groups in total. The Kier molecular flexibility index (Phi) is 2.61. The molecule has 75 valence electrons. The van der Waals surface area contributed by atoms with Gasteiger partial charge in [-0.2, -0.15) is 0 Å². The van der Waals surface area contributed by atoms with Crippen LogP contribution in [0, 0.1) is 17.3 Å². The molecule has 0 spiro atoms. The van der Waals surface area contributed by atoms with Crippen molar-refractivity contribution in [3.05, 3.63) is 5.92 Å². The molecule has 0 amide bonds. The van der Waals surface area contributed by atoms with Crippen LogP contribution in [0.4, 0.5) is 0 Å². The van der Waals surface area contributed by atoms with E-state index in [1.165, 1.54) is 25.7 Å². The molecule has 2 aliphatic rings. The third-order valence-electron chi connectivity index (χ3n) is 3.33. The van der Waals surface area contributed by atoms with Gasteiger partial charge in [0.25, 0.3) is 0 Å². The fraction of sp³-hybridized carbons (Fsp3) is 0.909. The van der Waals surface area contributed by atoms with Gasteiger partial charge in [-0.25, -0.2) is 0 Å². The predicted octanol–water partition coefficient (Wildman–Crippen LogP) is 2.04. The van der Waals surface area contributed by atoms with E-state index in [1.54, 1.807) is 20.1 Å². The normalized spacial score (nSPS) is 25.2. The van der Waals surface area contributed by atoms with E-state index in [2.05, 4.69) is 0 Å². The van der Waals surface area contributed by atoms with Gasteiger partial charge in [-0.3, -0.25) is 0 Å². The first-order chi connectivity index (χ1) is 6.32. The van der Waals surface area contributed by atoms with Crippen LogP contribution in [0.3, 0.4) is 0 Å². The van der Waals surface area contributed by atoms with Crippen molar-refractivity contribution in [3.63, 3.8) is 0 Å². The quantitative estimate of drug-likeness (QED) is 0.627. The maximum atomic E-state index is 5.30. The van der Waals surface area contributed by atoms with Crippen LogP contribution >= 0.6 is 0 Å². The zero-order chi connectivity index (χ0) is 9.31. The molecule has 2 heteroatoms. The molecule has 2 rings (SSSR count). The second-order valence-electron chi connectivity index (χ2n) is 4.45. The molecule has 2 fully saturated rings. The summed E-state index contributed by atoms with van der Waals surface area (Å²) in [5.74, 6) is 2.49. The van der Waals surface area contributed by atoms with Crippen LogP contribution in [-0.2, 0) is 9.47 Å². The van der Waals surface area contributed by atoms with E-state index in [-0.39, 0.29) is 0 Å². The third kappa shape index (κ3) is 1.89. The van der Waals surface area contributed by atoms with E-state index < -0.39 is 0 Å². The molecule has 0 bridgehead atoms. The second kappa shape index (κ2) is 3.58. The van der Waals surface area contributed by atoms with Crippen LogP contribution in [-0.4, -0.2) is 27.4 Å². The predicted molar refractivity (Wildman–Crippen MR) is 51.4 cm³/mol. The number of hydrogen-bond donors (Lipinski definition) is 0. The van der Waals surface area contributed by atoms with Crippen LogP contribution in [0.15, 0.2) is 0 Å². The highest BCUT2D eigenvalue weighted by Crippen LogP contribution is 2.60. The third-order valence-corrected chi connectivity index (χ3v) is 3.33. The zero-order valence-electron chi connectivity index (χ0n) is 8.64. The highest BCUT2D eigenvalue weighted by Gasteiger charge is 2.54. The van der Waals surface area contributed by atoms with Gasteiger partial charge >= 0.3 is 0 Å². The summed E-state index contributed by atoms with van der Waals surface area (Å²) in [6, 6.07) is 0. The summed E-state index contributed by atoms with van der Waals surface area (Å²) in [5, 5.41) is 0. The monoisotopic (exact) mass is 183 g/mol. The molecular weight excluding hydrogens is 164 g/mol. The Morgan fingerprint density at radius 2 is 1.92 bits per heavy atom. The Morgan fingerprint density at radius 3 is 2.31 bits per heavy atom. The smallest absolute Gasteiger partial charge is 0.0534 e. The van der Waals surface area contributed by atoms with Crippen LogP contribution in [0.25, 0.3) is 0 Å². The Labute approximate surface area is 80.6 Å². The maximum Gasteiger partial charge on any atom is 0.0534 e. The van der Waals surface area contributed by atoms with Crippen molar-refractivity contribution in [2.24, 2.45) is 11.3 Å². The van der Waals surface area contributed by atoms with Crippen molar-refractivity contribution in [2.75, 3.05) is 27.4 Å². The van der Waals surface area contributed by atoms with Gasteiger partial charge in [0, 0.05) is 25.6 Å². The lowest BCUT2D eigenvalue weighted by Gasteiger charge is -2.24. The van der Waals surface area contributed by atoms with E-state index in [0.29, 0.717) is 5.41 Å². The van der Waals surface area contributed by atoms with Gasteiger partial charge in [0.15, 0.2) is 0 Å². The second-order valence-corrected chi connectivity index (χ2v) is 4.45. The Balaban J connectivity index is 1.93. The number of rotatable bonds is 6. The minimum Gasteiger partial charge on any atom is -0.384 e. The van der Waals surface area contributed by atoms with Crippen LogP contribution in [0.5, 0.6) is 0 Å². The number of methoxy groups -OCH3 is 2. The van der Waals surface area contributed by atoms with Crippen molar-refractivity contribution < 1.29 is 9.47 Å². The van der Waals surface area contributed by atoms with E-state index in [9.17, 15) is 0 Å². The van der Waals surface area contributed by atoms with Crippen LogP contribution < -0.4 is 0 Å². The highest BCUT2D eigenvalue weighted by atomic mass is 16.5. The van der Waals surface area contributed by atoms with E-state index in [4.69, 9.17) is 9.47 Å². The maximum absolute atomic E-state index is 5.30. The SMILES string of the molecule is COC[C](C1CC1)C1(COC)CC1. The minimum atomic E-state index is 0.423. The van der Waals surface area contributed by atoms with Crippen molar-refractivity contribution in [1.82, 2.24) is 0 Å². The molecule has 2 saturated carbocycles. The topological polar surface area (TPSA) is 18.5 Å². The molecule has 0 atom stereocenters. The van der Waals surface area contributed by atoms with Crippen LogP contribution in [0.2, 0.25) is 0 Å². The Bertz CT molecular complexity index is 171. The van der Waals surface area contributed by atoms with Crippen molar-refractivity contribution >= 4 is 0 Å². The molecule has 2 aliphatic carbocycles. The van der Waals surface area contributed by atoms with Gasteiger partial charge in [-0.05, 0) is 31.6 Å². The molecule has 2 nitrogen and oxygen atoms in total. The molecular formula is C11H19O2. The first-order valence-corrected chi connectivity index (χ1v) is 5.16. The summed E-state index contributed by atoms with van der Waals surface area (Å²) in [6.45, 7) is 1.76. The van der Waals surface area contributed by atoms with Gasteiger partial charge in [0.1, 0.15) is 0 Å². The van der Waals surface area contributed by atoms with Gasteiger partial charge in [0.05, 0.1) is 13.2 Å². The van der Waals surface area contributed by atoms with E-state index in [0.717, 1.165) is 19.1 Å². The standard InChI is InChI=1S/C11H19O2/c1-12-7-10(9-3-4-9)11(5-6-11)8-13-2/h9H,3-8H2,1-2H3. The molecule has 1 radical (unpaired) electrons. The summed E-state index contributed by atoms with van der Waals surface area (Å²) >= 11 is 0. The van der Waals surface area contributed by atoms with Crippen molar-refractivity contribution in [2.45, 2.75) is 25.7 Å². The average molecular weight is 183 g/mol. The van der Waals surface area contributed by atoms with Crippen molar-refractivity contribution in [1.29, 1.82) is 0 Å². The molecule has 0 aromatic heterocycles. The summed E-state index contributed by atoms with van der Waals surface area (Å²) in [7, 11) is 3.60. The minimum absolute atomic E-state index is 0.423. The Morgan fingerprint density at radius 1 is 1.23 bits per heavy atom.